The van der Waals surface area contributed by atoms with E-state index in [1.807, 2.05) is 0 Å². The fraction of sp³-hybridized carbons (Fsp3) is 0.776. The fourth-order valence-corrected chi connectivity index (χ4v) is 7.58. The van der Waals surface area contributed by atoms with Crippen LogP contribution in [0.2, 0.25) is 0 Å². The van der Waals surface area contributed by atoms with Gasteiger partial charge in [-0.25, -0.2) is 0 Å². The van der Waals surface area contributed by atoms with E-state index in [0.717, 1.165) is 96.3 Å². The average molecular weight is 895 g/mol. The van der Waals surface area contributed by atoms with Crippen LogP contribution < -0.4 is 0 Å². The molecule has 0 radical (unpaired) electrons. The van der Waals surface area contributed by atoms with E-state index < -0.39 is 6.10 Å². The standard InChI is InChI=1S/C58H102O6/c1-4-7-10-13-16-19-22-25-28-29-31-33-36-39-42-45-48-51-57(60)63-54-55(53-62-56(59)50-47-44-41-38-35-32-27-24-21-18-15-12-9-6-3)64-58(61)52-49-46-43-40-37-34-30-26-23-20-17-14-11-8-5-2/h16-17,19-20,23,25-26,28,32,35,55H,4-15,18,21-22,24,27,29-31,33-34,36-54H2,1-3H3/b19-16-,20-17-,26-23-,28-25-,35-32-. The number of esters is 3. The zero-order chi connectivity index (χ0) is 46.5. The Bertz CT molecular complexity index is 1170. The molecule has 0 aliphatic heterocycles. The summed E-state index contributed by atoms with van der Waals surface area (Å²) < 4.78 is 16.8. The lowest BCUT2D eigenvalue weighted by Crippen LogP contribution is -2.30. The predicted octanol–water partition coefficient (Wildman–Crippen LogP) is 18.0. The molecule has 1 unspecified atom stereocenters. The number of carbonyl (C=O) groups excluding carboxylic acids is 3. The predicted molar refractivity (Wildman–Crippen MR) is 275 cm³/mol. The first-order valence-electron chi connectivity index (χ1n) is 27.3. The van der Waals surface area contributed by atoms with Gasteiger partial charge in [0.15, 0.2) is 6.10 Å². The van der Waals surface area contributed by atoms with Crippen LogP contribution in [0.5, 0.6) is 0 Å². The van der Waals surface area contributed by atoms with Crippen LogP contribution in [0.1, 0.15) is 271 Å². The second-order valence-electron chi connectivity index (χ2n) is 18.2. The number of rotatable bonds is 49. The molecule has 0 heterocycles. The van der Waals surface area contributed by atoms with Gasteiger partial charge in [-0.15, -0.1) is 0 Å². The van der Waals surface area contributed by atoms with Crippen LogP contribution in [0.4, 0.5) is 0 Å². The molecule has 0 saturated carbocycles. The van der Waals surface area contributed by atoms with E-state index in [-0.39, 0.29) is 31.1 Å². The van der Waals surface area contributed by atoms with Gasteiger partial charge in [0, 0.05) is 19.3 Å². The summed E-state index contributed by atoms with van der Waals surface area (Å²) in [5.74, 6) is -0.916. The van der Waals surface area contributed by atoms with Gasteiger partial charge in [-0.2, -0.15) is 0 Å². The summed E-state index contributed by atoms with van der Waals surface area (Å²) in [6.45, 7) is 6.56. The fourth-order valence-electron chi connectivity index (χ4n) is 7.58. The van der Waals surface area contributed by atoms with Crippen molar-refractivity contribution in [2.45, 2.75) is 277 Å². The minimum atomic E-state index is -0.789. The minimum Gasteiger partial charge on any atom is -0.462 e. The molecule has 6 nitrogen and oxygen atoms in total. The molecule has 0 spiro atoms. The molecular formula is C58H102O6. The maximum Gasteiger partial charge on any atom is 0.306 e. The molecule has 1 atom stereocenters. The first-order chi connectivity index (χ1) is 31.5. The van der Waals surface area contributed by atoms with Crippen LogP contribution in [-0.2, 0) is 28.6 Å². The van der Waals surface area contributed by atoms with E-state index in [1.165, 1.54) is 135 Å². The first-order valence-corrected chi connectivity index (χ1v) is 27.3. The molecule has 0 saturated heterocycles. The molecule has 0 aromatic heterocycles. The lowest BCUT2D eigenvalue weighted by Gasteiger charge is -2.18. The maximum atomic E-state index is 12.8. The van der Waals surface area contributed by atoms with Gasteiger partial charge < -0.3 is 14.2 Å². The molecule has 0 bridgehead atoms. The molecular weight excluding hydrogens is 793 g/mol. The van der Waals surface area contributed by atoms with Crippen LogP contribution >= 0.6 is 0 Å². The summed E-state index contributed by atoms with van der Waals surface area (Å²) in [5, 5.41) is 0. The summed E-state index contributed by atoms with van der Waals surface area (Å²) in [6.07, 6.45) is 64.8. The SMILES string of the molecule is CCCCC/C=C\C=C/CCCCCCCCC(=O)OC(COC(=O)CCCCC/C=C\CCCCCCCCC)COC(=O)CCCCCCCCC/C=C\C/C=C\CCCCC. The van der Waals surface area contributed by atoms with Crippen molar-refractivity contribution in [1.29, 1.82) is 0 Å². The van der Waals surface area contributed by atoms with Crippen LogP contribution in [-0.4, -0.2) is 37.2 Å². The molecule has 0 aromatic carbocycles. The van der Waals surface area contributed by atoms with E-state index >= 15 is 0 Å². The molecule has 0 amide bonds. The van der Waals surface area contributed by atoms with Crippen LogP contribution in [0, 0.1) is 0 Å². The second-order valence-corrected chi connectivity index (χ2v) is 18.2. The Kier molecular flexibility index (Phi) is 50.4. The highest BCUT2D eigenvalue weighted by Gasteiger charge is 2.19. The summed E-state index contributed by atoms with van der Waals surface area (Å²) in [6, 6.07) is 0. The zero-order valence-corrected chi connectivity index (χ0v) is 42.3. The maximum absolute atomic E-state index is 12.8. The largest absolute Gasteiger partial charge is 0.462 e. The lowest BCUT2D eigenvalue weighted by molar-refractivity contribution is -0.167. The highest BCUT2D eigenvalue weighted by molar-refractivity contribution is 5.71. The van der Waals surface area contributed by atoms with E-state index in [2.05, 4.69) is 81.5 Å². The Morgan fingerprint density at radius 2 is 0.609 bits per heavy atom. The van der Waals surface area contributed by atoms with Crippen molar-refractivity contribution in [2.24, 2.45) is 0 Å². The molecule has 0 aromatic rings. The van der Waals surface area contributed by atoms with Gasteiger partial charge in [-0.05, 0) is 103 Å². The average Bonchev–Trinajstić information content (AvgIpc) is 3.29. The normalized spacial score (nSPS) is 12.5. The van der Waals surface area contributed by atoms with Crippen molar-refractivity contribution in [3.63, 3.8) is 0 Å². The van der Waals surface area contributed by atoms with Crippen molar-refractivity contribution in [3.05, 3.63) is 60.8 Å². The number of carbonyl (C=O) groups is 3. The smallest absolute Gasteiger partial charge is 0.306 e. The first kappa shape index (κ1) is 61.1. The van der Waals surface area contributed by atoms with Crippen LogP contribution in [0.15, 0.2) is 60.8 Å². The summed E-state index contributed by atoms with van der Waals surface area (Å²) >= 11 is 0. The molecule has 6 heteroatoms. The Hall–Kier alpha value is -2.89. The van der Waals surface area contributed by atoms with E-state index in [9.17, 15) is 14.4 Å². The van der Waals surface area contributed by atoms with Crippen LogP contribution in [0.25, 0.3) is 0 Å². The van der Waals surface area contributed by atoms with Crippen molar-refractivity contribution in [3.8, 4) is 0 Å². The number of ether oxygens (including phenoxy) is 3. The number of hydrogen-bond donors (Lipinski definition) is 0. The molecule has 0 fully saturated rings. The van der Waals surface area contributed by atoms with Crippen LogP contribution in [0.3, 0.4) is 0 Å². The third kappa shape index (κ3) is 50.1. The molecule has 64 heavy (non-hydrogen) atoms. The van der Waals surface area contributed by atoms with E-state index in [1.54, 1.807) is 0 Å². The molecule has 370 valence electrons. The topological polar surface area (TPSA) is 78.9 Å². The van der Waals surface area contributed by atoms with Gasteiger partial charge in [0.05, 0.1) is 0 Å². The van der Waals surface area contributed by atoms with Crippen molar-refractivity contribution < 1.29 is 28.6 Å². The second kappa shape index (κ2) is 52.7. The van der Waals surface area contributed by atoms with Gasteiger partial charge in [-0.3, -0.25) is 14.4 Å². The number of unbranched alkanes of at least 4 members (excludes halogenated alkanes) is 29. The molecule has 0 aliphatic carbocycles. The quantitative estimate of drug-likeness (QED) is 0.0199. The summed E-state index contributed by atoms with van der Waals surface area (Å²) in [5.41, 5.74) is 0. The highest BCUT2D eigenvalue weighted by atomic mass is 16.6. The third-order valence-corrected chi connectivity index (χ3v) is 11.7. The van der Waals surface area contributed by atoms with Gasteiger partial charge in [0.25, 0.3) is 0 Å². The monoisotopic (exact) mass is 895 g/mol. The number of allylic oxidation sites excluding steroid dienone is 10. The Morgan fingerprint density at radius 1 is 0.328 bits per heavy atom. The molecule has 0 N–H and O–H groups in total. The van der Waals surface area contributed by atoms with Crippen molar-refractivity contribution in [1.82, 2.24) is 0 Å². The molecule has 0 aliphatic rings. The number of hydrogen-bond acceptors (Lipinski definition) is 6. The van der Waals surface area contributed by atoms with Crippen molar-refractivity contribution >= 4 is 17.9 Å². The molecule has 0 rings (SSSR count). The Balaban J connectivity index is 4.42. The summed E-state index contributed by atoms with van der Waals surface area (Å²) in [4.78, 5) is 38.0. The lowest BCUT2D eigenvalue weighted by atomic mass is 10.1. The van der Waals surface area contributed by atoms with Gasteiger partial charge in [-0.1, -0.05) is 210 Å². The van der Waals surface area contributed by atoms with Gasteiger partial charge >= 0.3 is 17.9 Å². The van der Waals surface area contributed by atoms with E-state index in [0.29, 0.717) is 19.3 Å². The van der Waals surface area contributed by atoms with Gasteiger partial charge in [0.2, 0.25) is 0 Å². The van der Waals surface area contributed by atoms with Crippen molar-refractivity contribution in [2.75, 3.05) is 13.2 Å². The third-order valence-electron chi connectivity index (χ3n) is 11.7. The Morgan fingerprint density at radius 3 is 1.02 bits per heavy atom. The van der Waals surface area contributed by atoms with Gasteiger partial charge in [0.1, 0.15) is 13.2 Å². The zero-order valence-electron chi connectivity index (χ0n) is 42.3. The van der Waals surface area contributed by atoms with E-state index in [4.69, 9.17) is 14.2 Å². The summed E-state index contributed by atoms with van der Waals surface area (Å²) in [7, 11) is 0. The minimum absolute atomic E-state index is 0.0875. The highest BCUT2D eigenvalue weighted by Crippen LogP contribution is 2.14. The Labute approximate surface area is 396 Å².